The predicted octanol–water partition coefficient (Wildman–Crippen LogP) is 2.48. The fraction of sp³-hybridized carbons (Fsp3) is 0.462. The van der Waals surface area contributed by atoms with Crippen molar-refractivity contribution in [1.29, 1.82) is 0 Å². The Labute approximate surface area is 115 Å². The average molecular weight is 289 g/mol. The van der Waals surface area contributed by atoms with Crippen LogP contribution in [0, 0.1) is 0 Å². The second-order valence-electron chi connectivity index (χ2n) is 4.41. The molecule has 4 nitrogen and oxygen atoms in total. The molecule has 1 aromatic rings. The Morgan fingerprint density at radius 3 is 2.65 bits per heavy atom. The maximum Gasteiger partial charge on any atom is 0.401 e. The number of anilines is 2. The van der Waals surface area contributed by atoms with E-state index in [0.717, 1.165) is 0 Å². The number of nitrogens with two attached hydrogens (primary N) is 1. The molecule has 0 aliphatic rings. The van der Waals surface area contributed by atoms with Crippen molar-refractivity contribution >= 4 is 17.3 Å². The summed E-state index contributed by atoms with van der Waals surface area (Å²) >= 11 is 0. The normalized spacial score (nSPS) is 11.7. The lowest BCUT2D eigenvalue weighted by molar-refractivity contribution is -0.146. The number of nitrogens with zero attached hydrogens (tertiary/aromatic N) is 1. The Bertz CT molecular complexity index is 449. The Morgan fingerprint density at radius 2 is 2.10 bits per heavy atom. The number of amides is 1. The quantitative estimate of drug-likeness (QED) is 0.791. The van der Waals surface area contributed by atoms with Gasteiger partial charge in [0.1, 0.15) is 0 Å². The zero-order valence-corrected chi connectivity index (χ0v) is 11.2. The van der Waals surface area contributed by atoms with Crippen molar-refractivity contribution in [2.24, 2.45) is 0 Å². The van der Waals surface area contributed by atoms with Gasteiger partial charge in [0.25, 0.3) is 0 Å². The summed E-state index contributed by atoms with van der Waals surface area (Å²) in [4.78, 5) is 12.8. The first kappa shape index (κ1) is 16.3. The van der Waals surface area contributed by atoms with Crippen molar-refractivity contribution in [1.82, 2.24) is 4.90 Å². The molecule has 0 aliphatic carbocycles. The Hall–Kier alpha value is -1.76. The van der Waals surface area contributed by atoms with Crippen LogP contribution < -0.4 is 11.1 Å². The largest absolute Gasteiger partial charge is 0.401 e. The van der Waals surface area contributed by atoms with Crippen LogP contribution in [0.4, 0.5) is 24.5 Å². The number of nitrogens with one attached hydrogen (secondary N) is 1. The molecule has 20 heavy (non-hydrogen) atoms. The number of benzene rings is 1. The molecule has 1 amide bonds. The number of halogens is 3. The molecule has 3 N–H and O–H groups in total. The van der Waals surface area contributed by atoms with E-state index in [9.17, 15) is 18.0 Å². The molecule has 0 spiro atoms. The number of carbonyl (C=O) groups excluding carboxylic acids is 1. The van der Waals surface area contributed by atoms with Crippen molar-refractivity contribution in [3.8, 4) is 0 Å². The van der Waals surface area contributed by atoms with Crippen LogP contribution in [0.2, 0.25) is 0 Å². The Morgan fingerprint density at radius 1 is 1.40 bits per heavy atom. The highest BCUT2D eigenvalue weighted by atomic mass is 19.4. The first-order valence-electron chi connectivity index (χ1n) is 6.24. The van der Waals surface area contributed by atoms with E-state index in [-0.39, 0.29) is 25.4 Å². The first-order chi connectivity index (χ1) is 9.30. The Balaban J connectivity index is 2.42. The van der Waals surface area contributed by atoms with Crippen molar-refractivity contribution < 1.29 is 18.0 Å². The molecule has 0 heterocycles. The number of nitrogen functional groups attached to an aromatic ring is 1. The molecule has 1 aromatic carbocycles. The van der Waals surface area contributed by atoms with Crippen LogP contribution >= 0.6 is 0 Å². The van der Waals surface area contributed by atoms with E-state index < -0.39 is 12.7 Å². The van der Waals surface area contributed by atoms with Crippen LogP contribution in [0.15, 0.2) is 24.3 Å². The molecule has 0 unspecified atom stereocenters. The van der Waals surface area contributed by atoms with Crippen molar-refractivity contribution in [2.75, 3.05) is 30.7 Å². The van der Waals surface area contributed by atoms with Gasteiger partial charge in [0.2, 0.25) is 5.91 Å². The topological polar surface area (TPSA) is 58.4 Å². The lowest BCUT2D eigenvalue weighted by atomic mass is 10.2. The van der Waals surface area contributed by atoms with Crippen molar-refractivity contribution in [2.45, 2.75) is 19.5 Å². The minimum absolute atomic E-state index is 0.00127. The summed E-state index contributed by atoms with van der Waals surface area (Å²) < 4.78 is 36.8. The number of rotatable bonds is 6. The van der Waals surface area contributed by atoms with Gasteiger partial charge in [-0.1, -0.05) is 13.0 Å². The molecule has 0 radical (unpaired) electrons. The third-order valence-corrected chi connectivity index (χ3v) is 2.68. The fourth-order valence-corrected chi connectivity index (χ4v) is 1.70. The third-order valence-electron chi connectivity index (χ3n) is 2.68. The summed E-state index contributed by atoms with van der Waals surface area (Å²) in [5.74, 6) is -0.337. The number of hydrogen-bond donors (Lipinski definition) is 2. The monoisotopic (exact) mass is 289 g/mol. The van der Waals surface area contributed by atoms with Crippen LogP contribution in [-0.2, 0) is 4.79 Å². The standard InChI is InChI=1S/C13H18F3N3O/c1-2-19(9-13(14,15)16)7-6-12(20)18-11-5-3-4-10(17)8-11/h3-5,8H,2,6-7,9,17H2,1H3,(H,18,20). The van der Waals surface area contributed by atoms with E-state index in [2.05, 4.69) is 5.32 Å². The summed E-state index contributed by atoms with van der Waals surface area (Å²) in [6, 6.07) is 6.62. The maximum atomic E-state index is 12.3. The van der Waals surface area contributed by atoms with Gasteiger partial charge < -0.3 is 11.1 Å². The van der Waals surface area contributed by atoms with Crippen LogP contribution in [0.3, 0.4) is 0 Å². The number of carbonyl (C=O) groups is 1. The molecule has 0 aliphatic heterocycles. The number of hydrogen-bond acceptors (Lipinski definition) is 3. The Kier molecular flexibility index (Phi) is 5.82. The molecular formula is C13H18F3N3O. The molecular weight excluding hydrogens is 271 g/mol. The molecule has 0 fully saturated rings. The first-order valence-corrected chi connectivity index (χ1v) is 6.24. The molecule has 112 valence electrons. The molecule has 0 saturated heterocycles. The summed E-state index contributed by atoms with van der Waals surface area (Å²) in [5.41, 5.74) is 6.61. The van der Waals surface area contributed by atoms with Gasteiger partial charge in [0.05, 0.1) is 6.54 Å². The van der Waals surface area contributed by atoms with E-state index in [4.69, 9.17) is 5.73 Å². The number of alkyl halides is 3. The summed E-state index contributed by atoms with van der Waals surface area (Å²) in [6.07, 6.45) is -4.25. The molecule has 0 aromatic heterocycles. The van der Waals surface area contributed by atoms with E-state index in [0.29, 0.717) is 11.4 Å². The van der Waals surface area contributed by atoms with E-state index in [1.54, 1.807) is 31.2 Å². The zero-order chi connectivity index (χ0) is 15.2. The SMILES string of the molecule is CCN(CCC(=O)Nc1cccc(N)c1)CC(F)(F)F. The molecule has 1 rings (SSSR count). The van der Waals surface area contributed by atoms with Crippen LogP contribution in [0.5, 0.6) is 0 Å². The maximum absolute atomic E-state index is 12.3. The highest BCUT2D eigenvalue weighted by Crippen LogP contribution is 2.16. The fourth-order valence-electron chi connectivity index (χ4n) is 1.70. The summed E-state index contributed by atoms with van der Waals surface area (Å²) in [7, 11) is 0. The molecule has 7 heteroatoms. The van der Waals surface area contributed by atoms with E-state index in [1.807, 2.05) is 0 Å². The van der Waals surface area contributed by atoms with E-state index >= 15 is 0 Å². The van der Waals surface area contributed by atoms with E-state index in [1.165, 1.54) is 4.90 Å². The highest BCUT2D eigenvalue weighted by molar-refractivity contribution is 5.91. The van der Waals surface area contributed by atoms with Gasteiger partial charge >= 0.3 is 6.18 Å². The minimum Gasteiger partial charge on any atom is -0.399 e. The summed E-state index contributed by atoms with van der Waals surface area (Å²) in [5, 5.41) is 2.60. The second-order valence-corrected chi connectivity index (χ2v) is 4.41. The second kappa shape index (κ2) is 7.14. The molecule has 0 saturated carbocycles. The lowest BCUT2D eigenvalue weighted by Gasteiger charge is -2.21. The third kappa shape index (κ3) is 6.42. The van der Waals surface area contributed by atoms with Crippen LogP contribution in [0.25, 0.3) is 0 Å². The van der Waals surface area contributed by atoms with Gasteiger partial charge in [0, 0.05) is 24.3 Å². The van der Waals surface area contributed by atoms with Gasteiger partial charge in [-0.3, -0.25) is 9.69 Å². The average Bonchev–Trinajstić information content (AvgIpc) is 2.33. The van der Waals surface area contributed by atoms with Crippen LogP contribution in [-0.4, -0.2) is 36.6 Å². The lowest BCUT2D eigenvalue weighted by Crippen LogP contribution is -2.36. The van der Waals surface area contributed by atoms with Gasteiger partial charge in [-0.2, -0.15) is 13.2 Å². The molecule has 0 bridgehead atoms. The minimum atomic E-state index is -4.25. The van der Waals surface area contributed by atoms with Gasteiger partial charge in [0.15, 0.2) is 0 Å². The van der Waals surface area contributed by atoms with Crippen LogP contribution in [0.1, 0.15) is 13.3 Å². The molecule has 0 atom stereocenters. The van der Waals surface area contributed by atoms with Gasteiger partial charge in [-0.15, -0.1) is 0 Å². The predicted molar refractivity (Wildman–Crippen MR) is 72.3 cm³/mol. The zero-order valence-electron chi connectivity index (χ0n) is 11.2. The van der Waals surface area contributed by atoms with Gasteiger partial charge in [-0.05, 0) is 24.7 Å². The smallest absolute Gasteiger partial charge is 0.399 e. The van der Waals surface area contributed by atoms with Crippen molar-refractivity contribution in [3.05, 3.63) is 24.3 Å². The van der Waals surface area contributed by atoms with Crippen molar-refractivity contribution in [3.63, 3.8) is 0 Å². The van der Waals surface area contributed by atoms with Gasteiger partial charge in [-0.25, -0.2) is 0 Å². The summed E-state index contributed by atoms with van der Waals surface area (Å²) in [6.45, 7) is 0.922. The highest BCUT2D eigenvalue weighted by Gasteiger charge is 2.30.